The van der Waals surface area contributed by atoms with E-state index < -0.39 is 0 Å². The maximum Gasteiger partial charge on any atom is 0.311 e. The zero-order chi connectivity index (χ0) is 17.0. The van der Waals surface area contributed by atoms with Gasteiger partial charge in [0.1, 0.15) is 0 Å². The Morgan fingerprint density at radius 1 is 1.36 bits per heavy atom. The van der Waals surface area contributed by atoms with Crippen LogP contribution in [0.15, 0.2) is 36.4 Å². The Morgan fingerprint density at radius 2 is 2.20 bits per heavy atom. The Kier molecular flexibility index (Phi) is 2.37. The third-order valence-corrected chi connectivity index (χ3v) is 8.47. The number of carbonyl (C=O) groups excluding carboxylic acids is 1. The van der Waals surface area contributed by atoms with Crippen LogP contribution in [-0.4, -0.2) is 42.6 Å². The van der Waals surface area contributed by atoms with Crippen LogP contribution in [0.2, 0.25) is 0 Å². The fourth-order valence-electron chi connectivity index (χ4n) is 7.93. The van der Waals surface area contributed by atoms with E-state index in [1.807, 2.05) is 0 Å². The van der Waals surface area contributed by atoms with Gasteiger partial charge in [0.15, 0.2) is 0 Å². The van der Waals surface area contributed by atoms with Gasteiger partial charge in [-0.15, -0.1) is 0 Å². The van der Waals surface area contributed by atoms with Crippen molar-refractivity contribution < 1.29 is 9.53 Å². The lowest BCUT2D eigenvalue weighted by Gasteiger charge is -2.50. The SMILES string of the molecule is COC(=O)C1C[C@@]23C=CCN4CC[C@@]5(c6ccccc6N[C@]15[C@@H]2C)[C@@H]43. The average Bonchev–Trinajstić information content (AvgIpc) is 3.29. The molecule has 1 aromatic carbocycles. The number of nitrogens with one attached hydrogen (secondary N) is 1. The van der Waals surface area contributed by atoms with Gasteiger partial charge in [-0.3, -0.25) is 9.69 Å². The molecule has 4 heteroatoms. The lowest BCUT2D eigenvalue weighted by molar-refractivity contribution is -0.149. The average molecular weight is 336 g/mol. The van der Waals surface area contributed by atoms with Crippen LogP contribution >= 0.6 is 0 Å². The molecule has 3 fully saturated rings. The molecule has 3 spiro atoms. The highest BCUT2D eigenvalue weighted by Crippen LogP contribution is 2.78. The summed E-state index contributed by atoms with van der Waals surface area (Å²) < 4.78 is 5.30. The molecule has 130 valence electrons. The van der Waals surface area contributed by atoms with Gasteiger partial charge >= 0.3 is 5.97 Å². The molecule has 25 heavy (non-hydrogen) atoms. The van der Waals surface area contributed by atoms with Crippen molar-refractivity contribution in [1.29, 1.82) is 0 Å². The third-order valence-electron chi connectivity index (χ3n) is 8.47. The summed E-state index contributed by atoms with van der Waals surface area (Å²) in [5, 5.41) is 3.92. The summed E-state index contributed by atoms with van der Waals surface area (Å²) in [5.74, 6) is 0.277. The Morgan fingerprint density at radius 3 is 3.04 bits per heavy atom. The van der Waals surface area contributed by atoms with Gasteiger partial charge in [-0.25, -0.2) is 0 Å². The van der Waals surface area contributed by atoms with E-state index in [0.29, 0.717) is 12.0 Å². The van der Waals surface area contributed by atoms with E-state index in [-0.39, 0.29) is 28.3 Å². The number of hydrogen-bond donors (Lipinski definition) is 1. The summed E-state index contributed by atoms with van der Waals surface area (Å²) in [4.78, 5) is 15.6. The van der Waals surface area contributed by atoms with Gasteiger partial charge in [0.25, 0.3) is 0 Å². The Bertz CT molecular complexity index is 835. The molecule has 6 atom stereocenters. The van der Waals surface area contributed by atoms with Crippen LogP contribution in [0.5, 0.6) is 0 Å². The quantitative estimate of drug-likeness (QED) is 0.632. The summed E-state index contributed by atoms with van der Waals surface area (Å²) in [7, 11) is 1.54. The maximum atomic E-state index is 12.9. The minimum absolute atomic E-state index is 0.0187. The van der Waals surface area contributed by atoms with Crippen molar-refractivity contribution in [2.45, 2.75) is 36.8 Å². The topological polar surface area (TPSA) is 41.6 Å². The monoisotopic (exact) mass is 336 g/mol. The number of anilines is 1. The molecular weight excluding hydrogens is 312 g/mol. The molecule has 2 aliphatic carbocycles. The Balaban J connectivity index is 1.69. The molecular formula is C21H24N2O2. The van der Waals surface area contributed by atoms with Gasteiger partial charge in [-0.1, -0.05) is 37.3 Å². The molecule has 6 rings (SSSR count). The van der Waals surface area contributed by atoms with Crippen molar-refractivity contribution in [3.05, 3.63) is 42.0 Å². The number of esters is 1. The van der Waals surface area contributed by atoms with Gasteiger partial charge in [-0.05, 0) is 36.9 Å². The lowest BCUT2D eigenvalue weighted by atomic mass is 9.57. The summed E-state index contributed by atoms with van der Waals surface area (Å²) >= 11 is 0. The first-order chi connectivity index (χ1) is 12.1. The molecule has 1 aromatic rings. The van der Waals surface area contributed by atoms with Crippen LogP contribution in [0.25, 0.3) is 0 Å². The first kappa shape index (κ1) is 14.4. The van der Waals surface area contributed by atoms with Gasteiger partial charge in [-0.2, -0.15) is 0 Å². The molecule has 0 aromatic heterocycles. The molecule has 1 unspecified atom stereocenters. The molecule has 1 N–H and O–H groups in total. The van der Waals surface area contributed by atoms with Gasteiger partial charge in [0.2, 0.25) is 0 Å². The first-order valence-corrected chi connectivity index (χ1v) is 9.49. The fraction of sp³-hybridized carbons (Fsp3) is 0.571. The zero-order valence-corrected chi connectivity index (χ0v) is 14.8. The van der Waals surface area contributed by atoms with E-state index >= 15 is 0 Å². The van der Waals surface area contributed by atoms with Crippen molar-refractivity contribution in [3.63, 3.8) is 0 Å². The zero-order valence-electron chi connectivity index (χ0n) is 14.8. The van der Waals surface area contributed by atoms with E-state index in [4.69, 9.17) is 4.74 Å². The predicted octanol–water partition coefficient (Wildman–Crippen LogP) is 2.56. The molecule has 2 bridgehead atoms. The molecule has 5 aliphatic rings. The smallest absolute Gasteiger partial charge is 0.311 e. The minimum Gasteiger partial charge on any atom is -0.469 e. The summed E-state index contributed by atoms with van der Waals surface area (Å²) in [6.07, 6.45) is 6.83. The van der Waals surface area contributed by atoms with Crippen molar-refractivity contribution in [3.8, 4) is 0 Å². The maximum absolute atomic E-state index is 12.9. The summed E-state index contributed by atoms with van der Waals surface area (Å²) in [5.41, 5.74) is 2.53. The second-order valence-corrected chi connectivity index (χ2v) is 8.67. The van der Waals surface area contributed by atoms with Crippen LogP contribution in [0.4, 0.5) is 5.69 Å². The van der Waals surface area contributed by atoms with Crippen molar-refractivity contribution in [2.75, 3.05) is 25.5 Å². The van der Waals surface area contributed by atoms with Crippen molar-refractivity contribution in [1.82, 2.24) is 4.90 Å². The van der Waals surface area contributed by atoms with Gasteiger partial charge in [0, 0.05) is 29.1 Å². The number of fused-ring (bicyclic) bond motifs is 1. The number of rotatable bonds is 1. The molecule has 2 saturated carbocycles. The van der Waals surface area contributed by atoms with Crippen LogP contribution in [-0.2, 0) is 14.9 Å². The number of nitrogens with zero attached hydrogens (tertiary/aromatic N) is 1. The predicted molar refractivity (Wildman–Crippen MR) is 95.3 cm³/mol. The van der Waals surface area contributed by atoms with E-state index in [1.54, 1.807) is 0 Å². The third kappa shape index (κ3) is 1.19. The number of para-hydroxylation sites is 1. The molecule has 0 amide bonds. The van der Waals surface area contributed by atoms with Crippen LogP contribution in [0.1, 0.15) is 25.3 Å². The van der Waals surface area contributed by atoms with Crippen molar-refractivity contribution in [2.24, 2.45) is 17.3 Å². The Hall–Kier alpha value is -1.81. The normalized spacial score (nSPS) is 48.0. The van der Waals surface area contributed by atoms with E-state index in [9.17, 15) is 4.79 Å². The Labute approximate surface area is 148 Å². The minimum atomic E-state index is -0.224. The molecule has 3 heterocycles. The number of ether oxygens (including phenoxy) is 1. The van der Waals surface area contributed by atoms with Gasteiger partial charge < -0.3 is 10.1 Å². The van der Waals surface area contributed by atoms with Crippen LogP contribution in [0.3, 0.4) is 0 Å². The largest absolute Gasteiger partial charge is 0.469 e. The van der Waals surface area contributed by atoms with Crippen molar-refractivity contribution >= 4 is 11.7 Å². The number of methoxy groups -OCH3 is 1. The summed E-state index contributed by atoms with van der Waals surface area (Å²) in [6.45, 7) is 4.53. The molecule has 3 aliphatic heterocycles. The van der Waals surface area contributed by atoms with E-state index in [2.05, 4.69) is 53.6 Å². The standard InChI is InChI=1S/C21H24N2O2/c1-13-19-8-5-10-23-11-9-20(18(19)23)14-6-3-4-7-16(14)22-21(13,20)15(12-19)17(24)25-2/h3-8,13,15,18,22H,9-12H2,1-2H3/t13-,15?,18+,19+,20-,21-/m1/s1. The highest BCUT2D eigenvalue weighted by Gasteiger charge is 2.85. The molecule has 0 radical (unpaired) electrons. The molecule has 4 nitrogen and oxygen atoms in total. The number of benzene rings is 1. The lowest BCUT2D eigenvalue weighted by Crippen LogP contribution is -2.63. The molecule has 1 saturated heterocycles. The van der Waals surface area contributed by atoms with Gasteiger partial charge in [0.05, 0.1) is 18.6 Å². The highest BCUT2D eigenvalue weighted by atomic mass is 16.5. The number of carbonyl (C=O) groups is 1. The first-order valence-electron chi connectivity index (χ1n) is 9.49. The van der Waals surface area contributed by atoms with E-state index in [1.165, 1.54) is 18.4 Å². The second kappa shape index (κ2) is 4.12. The summed E-state index contributed by atoms with van der Waals surface area (Å²) in [6, 6.07) is 9.25. The highest BCUT2D eigenvalue weighted by molar-refractivity contribution is 5.82. The fourth-order valence-corrected chi connectivity index (χ4v) is 7.93. The van der Waals surface area contributed by atoms with E-state index in [0.717, 1.165) is 25.9 Å². The van der Waals surface area contributed by atoms with Crippen LogP contribution < -0.4 is 5.32 Å². The second-order valence-electron chi connectivity index (χ2n) is 8.67. The number of hydrogen-bond acceptors (Lipinski definition) is 4. The van der Waals surface area contributed by atoms with Crippen LogP contribution in [0, 0.1) is 17.3 Å².